The molecule has 0 saturated heterocycles. The van der Waals surface area contributed by atoms with Gasteiger partial charge in [-0.3, -0.25) is 19.2 Å². The van der Waals surface area contributed by atoms with Crippen molar-refractivity contribution in [2.45, 2.75) is 311 Å². The molecule has 28 atom stereocenters. The maximum absolute atomic E-state index is 12.4. The van der Waals surface area contributed by atoms with E-state index in [4.69, 9.17) is 0 Å². The molecule has 0 aromatic carbocycles. The second-order valence-corrected chi connectivity index (χ2v) is 36.1. The van der Waals surface area contributed by atoms with E-state index in [1.807, 2.05) is 0 Å². The van der Waals surface area contributed by atoms with Crippen LogP contribution in [-0.4, -0.2) is 68.0 Å². The smallest absolute Gasteiger partial charge is 0.139 e. The number of aliphatic hydroxyl groups is 4. The van der Waals surface area contributed by atoms with E-state index < -0.39 is 0 Å². The molecule has 4 N–H and O–H groups in total. The third-order valence-corrected chi connectivity index (χ3v) is 33.6. The number of carbonyl (C=O) groups is 4. The molecule has 16 rings (SSSR count). The zero-order valence-electron chi connectivity index (χ0n) is 54.4. The summed E-state index contributed by atoms with van der Waals surface area (Å²) in [5.41, 5.74) is 2.25. The van der Waals surface area contributed by atoms with Crippen LogP contribution in [0.5, 0.6) is 0 Å². The van der Waals surface area contributed by atoms with E-state index in [0.717, 1.165) is 180 Å². The average Bonchev–Trinajstić information content (AvgIpc) is 1.88. The summed E-state index contributed by atoms with van der Waals surface area (Å²) in [7, 11) is 0. The van der Waals surface area contributed by atoms with Gasteiger partial charge >= 0.3 is 0 Å². The Morgan fingerprint density at radius 1 is 0.286 bits per heavy atom. The molecule has 8 nitrogen and oxygen atoms in total. The minimum atomic E-state index is -0.0677. The molecule has 16 aliphatic carbocycles. The number of rotatable bonds is 0. The van der Waals surface area contributed by atoms with Crippen LogP contribution in [0, 0.1) is 138 Å². The molecule has 0 bridgehead atoms. The molecule has 28 unspecified atom stereocenters. The van der Waals surface area contributed by atoms with Gasteiger partial charge in [0, 0.05) is 50.4 Å². The second-order valence-electron chi connectivity index (χ2n) is 36.1. The Hall–Kier alpha value is -1.48. The summed E-state index contributed by atoms with van der Waals surface area (Å²) in [5, 5.41) is 41.4. The Kier molecular flexibility index (Phi) is 16.2. The molecular weight excluding hydrogens is 1040 g/mol. The lowest BCUT2D eigenvalue weighted by molar-refractivity contribution is -0.144. The summed E-state index contributed by atoms with van der Waals surface area (Å²) in [6.07, 6.45) is 40.3. The number of fused-ring (bicyclic) bond motifs is 20. The first-order valence-electron chi connectivity index (χ1n) is 36.6. The van der Waals surface area contributed by atoms with Crippen LogP contribution in [0.4, 0.5) is 0 Å². The predicted molar refractivity (Wildman–Crippen MR) is 331 cm³/mol. The highest BCUT2D eigenvalue weighted by Gasteiger charge is 2.65. The topological polar surface area (TPSA) is 149 Å². The number of ketones is 4. The fraction of sp³-hybridized carbons (Fsp3) is 0.947. The van der Waals surface area contributed by atoms with Crippen LogP contribution in [0.15, 0.2) is 0 Å². The van der Waals surface area contributed by atoms with Gasteiger partial charge in [0.05, 0.1) is 24.4 Å². The van der Waals surface area contributed by atoms with E-state index in [-0.39, 0.29) is 46.1 Å². The molecule has 16 aliphatic rings. The van der Waals surface area contributed by atoms with Gasteiger partial charge < -0.3 is 20.4 Å². The van der Waals surface area contributed by atoms with Crippen molar-refractivity contribution >= 4 is 23.1 Å². The monoisotopic (exact) mass is 1160 g/mol. The van der Waals surface area contributed by atoms with Gasteiger partial charge in [0.15, 0.2) is 0 Å². The van der Waals surface area contributed by atoms with Gasteiger partial charge in [-0.25, -0.2) is 0 Å². The summed E-state index contributed by atoms with van der Waals surface area (Å²) in [6.45, 7) is 19.3. The standard InChI is InChI=1S/C19H32O2.2C19H30O2.C19H28O2/c4*1-18-9-7-13(20)11-12(18)3-4-14-15-5-6-17(21)19(15,2)10-8-16(14)18/h12-17,20-21H,3-11H2,1-2H3;2*12,14-17,21H,3-11H2,1-2H3;12,14-16H,3-11H2,1-2H3. The summed E-state index contributed by atoms with van der Waals surface area (Å²) >= 11 is 0. The molecule has 0 aromatic heterocycles. The van der Waals surface area contributed by atoms with Crippen molar-refractivity contribution in [2.75, 3.05) is 0 Å². The minimum Gasteiger partial charge on any atom is -0.393 e. The molecule has 0 aliphatic heterocycles. The Morgan fingerprint density at radius 2 is 0.595 bits per heavy atom. The van der Waals surface area contributed by atoms with Crippen LogP contribution in [0.3, 0.4) is 0 Å². The lowest BCUT2D eigenvalue weighted by Crippen LogP contribution is -2.54. The van der Waals surface area contributed by atoms with Crippen molar-refractivity contribution < 1.29 is 39.6 Å². The van der Waals surface area contributed by atoms with Gasteiger partial charge in [-0.2, -0.15) is 0 Å². The number of Topliss-reactive ketones (excluding diaryl/α,β-unsaturated/α-hetero) is 4. The highest BCUT2D eigenvalue weighted by Crippen LogP contribution is 2.71. The van der Waals surface area contributed by atoms with Gasteiger partial charge in [0.25, 0.3) is 0 Å². The molecule has 0 spiro atoms. The normalized spacial score (nSPS) is 56.5. The Morgan fingerprint density at radius 3 is 0.976 bits per heavy atom. The van der Waals surface area contributed by atoms with E-state index >= 15 is 0 Å². The first-order chi connectivity index (χ1) is 39.8. The highest BCUT2D eigenvalue weighted by molar-refractivity contribution is 5.87. The molecule has 16 fully saturated rings. The summed E-state index contributed by atoms with van der Waals surface area (Å²) in [4.78, 5) is 47.9. The van der Waals surface area contributed by atoms with Gasteiger partial charge in [-0.1, -0.05) is 55.4 Å². The number of aliphatic hydroxyl groups excluding tert-OH is 4. The van der Waals surface area contributed by atoms with Crippen LogP contribution in [-0.2, 0) is 19.2 Å². The first-order valence-corrected chi connectivity index (χ1v) is 36.6. The molecule has 0 heterocycles. The molecule has 16 saturated carbocycles. The van der Waals surface area contributed by atoms with Crippen molar-refractivity contribution in [3.63, 3.8) is 0 Å². The third-order valence-electron chi connectivity index (χ3n) is 33.6. The van der Waals surface area contributed by atoms with E-state index in [9.17, 15) is 39.6 Å². The first kappa shape index (κ1) is 61.4. The van der Waals surface area contributed by atoms with Crippen molar-refractivity contribution in [1.82, 2.24) is 0 Å². The maximum Gasteiger partial charge on any atom is 0.139 e. The van der Waals surface area contributed by atoms with Gasteiger partial charge in [-0.05, 0) is 319 Å². The van der Waals surface area contributed by atoms with Crippen LogP contribution >= 0.6 is 0 Å². The lowest BCUT2D eigenvalue weighted by Gasteiger charge is -2.60. The van der Waals surface area contributed by atoms with E-state index in [1.165, 1.54) is 122 Å². The highest BCUT2D eigenvalue weighted by atomic mass is 16.3. The van der Waals surface area contributed by atoms with Crippen LogP contribution in [0.2, 0.25) is 0 Å². The van der Waals surface area contributed by atoms with E-state index in [0.29, 0.717) is 68.5 Å². The van der Waals surface area contributed by atoms with Crippen molar-refractivity contribution in [1.29, 1.82) is 0 Å². The van der Waals surface area contributed by atoms with Crippen molar-refractivity contribution in [2.24, 2.45) is 138 Å². The zero-order valence-corrected chi connectivity index (χ0v) is 54.4. The third kappa shape index (κ3) is 9.58. The minimum absolute atomic E-state index is 0.00511. The molecule has 0 radical (unpaired) electrons. The molecule has 84 heavy (non-hydrogen) atoms. The largest absolute Gasteiger partial charge is 0.393 e. The number of carbonyl (C=O) groups excluding carboxylic acids is 4. The molecule has 0 amide bonds. The Bertz CT molecular complexity index is 2420. The van der Waals surface area contributed by atoms with Gasteiger partial charge in [0.2, 0.25) is 0 Å². The van der Waals surface area contributed by atoms with Gasteiger partial charge in [-0.15, -0.1) is 0 Å². The fourth-order valence-electron chi connectivity index (χ4n) is 28.1. The summed E-state index contributed by atoms with van der Waals surface area (Å²) < 4.78 is 0. The number of hydrogen-bond acceptors (Lipinski definition) is 8. The quantitative estimate of drug-likeness (QED) is 0.187. The maximum atomic E-state index is 12.4. The van der Waals surface area contributed by atoms with Gasteiger partial charge in [0.1, 0.15) is 23.1 Å². The van der Waals surface area contributed by atoms with Crippen molar-refractivity contribution in [3.8, 4) is 0 Å². The van der Waals surface area contributed by atoms with Crippen LogP contribution in [0.25, 0.3) is 0 Å². The molecular formula is C76H120O8. The van der Waals surface area contributed by atoms with E-state index in [2.05, 4.69) is 55.4 Å². The molecule has 0 aromatic rings. The lowest BCUT2D eigenvalue weighted by atomic mass is 9.45. The SMILES string of the molecule is CC12CCC3C(CCC4CC(=O)CCC43C)C1CCC2=O.CC12CCC3C(CCC4CC(=O)CCC43C)C1CCC2O.CC12CCC3C(CCC4CC(=O)CCC43C)C1CCC2O.CC12CCC3C(CCC4CC(O)CCC43C)C1CCC2O. The average molecular weight is 1160 g/mol. The second kappa shape index (κ2) is 22.1. The Balaban J connectivity index is 0.000000104. The number of hydrogen-bond donors (Lipinski definition) is 4. The fourth-order valence-corrected chi connectivity index (χ4v) is 28.1. The predicted octanol–water partition coefficient (Wildman–Crippen LogP) is 15.8. The summed E-state index contributed by atoms with van der Waals surface area (Å²) in [5.74, 6) is 14.1. The van der Waals surface area contributed by atoms with Crippen LogP contribution in [0.1, 0.15) is 287 Å². The van der Waals surface area contributed by atoms with Crippen molar-refractivity contribution in [3.05, 3.63) is 0 Å². The zero-order chi connectivity index (χ0) is 59.3. The Labute approximate surface area is 509 Å². The molecule has 8 heteroatoms. The van der Waals surface area contributed by atoms with E-state index in [1.54, 1.807) is 0 Å². The van der Waals surface area contributed by atoms with Crippen LogP contribution < -0.4 is 0 Å². The summed E-state index contributed by atoms with van der Waals surface area (Å²) in [6, 6.07) is 0. The molecule has 472 valence electrons.